The van der Waals surface area contributed by atoms with Crippen LogP contribution < -0.4 is 0 Å². The molecule has 2 nitrogen and oxygen atoms in total. The van der Waals surface area contributed by atoms with Crippen LogP contribution in [0.3, 0.4) is 0 Å². The molecule has 0 unspecified atom stereocenters. The van der Waals surface area contributed by atoms with E-state index < -0.39 is 0 Å². The lowest BCUT2D eigenvalue weighted by molar-refractivity contribution is -0.138. The first-order chi connectivity index (χ1) is 13.3. The van der Waals surface area contributed by atoms with Crippen LogP contribution in [0.25, 0.3) is 6.08 Å². The van der Waals surface area contributed by atoms with Crippen LogP contribution in [0.1, 0.15) is 59.9 Å². The Morgan fingerprint density at radius 2 is 1.68 bits per heavy atom. The lowest BCUT2D eigenvalue weighted by Crippen LogP contribution is -2.05. The van der Waals surface area contributed by atoms with Gasteiger partial charge < -0.3 is 4.74 Å². The van der Waals surface area contributed by atoms with E-state index >= 15 is 0 Å². The van der Waals surface area contributed by atoms with Gasteiger partial charge in [0.1, 0.15) is 0 Å². The monoisotopic (exact) mass is 380 g/mol. The molecule has 152 valence electrons. The predicted octanol–water partition coefficient (Wildman–Crippen LogP) is 7.15. The van der Waals surface area contributed by atoms with Crippen molar-refractivity contribution >= 4 is 12.0 Å². The van der Waals surface area contributed by atoms with Gasteiger partial charge in [-0.3, -0.25) is 0 Å². The van der Waals surface area contributed by atoms with Crippen LogP contribution in [0.15, 0.2) is 71.4 Å². The first kappa shape index (κ1) is 23.7. The molecule has 28 heavy (non-hydrogen) atoms. The summed E-state index contributed by atoms with van der Waals surface area (Å²) in [6, 6.07) is 10.4. The fraction of sp³-hybridized carbons (Fsp3) is 0.423. The number of carbonyl (C=O) groups excluding carboxylic acids is 1. The average Bonchev–Trinajstić information content (AvgIpc) is 2.66. The maximum absolute atomic E-state index is 11.8. The number of ether oxygens (including phenoxy) is 1. The molecule has 1 aromatic rings. The summed E-state index contributed by atoms with van der Waals surface area (Å²) in [5, 5.41) is 0. The molecule has 0 aliphatic heterocycles. The molecule has 2 heteroatoms. The molecule has 0 spiro atoms. The van der Waals surface area contributed by atoms with E-state index in [1.165, 1.54) is 16.7 Å². The van der Waals surface area contributed by atoms with Gasteiger partial charge in [-0.05, 0) is 57.1 Å². The highest BCUT2D eigenvalue weighted by atomic mass is 16.5. The minimum Gasteiger partial charge on any atom is -0.463 e. The third kappa shape index (κ3) is 9.55. The Kier molecular flexibility index (Phi) is 10.9. The molecule has 0 N–H and O–H groups in total. The van der Waals surface area contributed by atoms with E-state index in [0.29, 0.717) is 24.0 Å². The van der Waals surface area contributed by atoms with Crippen LogP contribution >= 0.6 is 0 Å². The van der Waals surface area contributed by atoms with Crippen LogP contribution in [0.4, 0.5) is 0 Å². The number of hydrogen-bond acceptors (Lipinski definition) is 2. The Hall–Kier alpha value is -2.35. The van der Waals surface area contributed by atoms with Crippen molar-refractivity contribution in [2.45, 2.75) is 54.4 Å². The fourth-order valence-corrected chi connectivity index (χ4v) is 3.23. The van der Waals surface area contributed by atoms with Gasteiger partial charge in [0.15, 0.2) is 0 Å². The molecule has 0 fully saturated rings. The van der Waals surface area contributed by atoms with Gasteiger partial charge in [-0.1, -0.05) is 86.6 Å². The summed E-state index contributed by atoms with van der Waals surface area (Å²) in [6.07, 6.45) is 12.9. The normalized spacial score (nSPS) is 15.6. The van der Waals surface area contributed by atoms with E-state index in [4.69, 9.17) is 4.74 Å². The van der Waals surface area contributed by atoms with Crippen molar-refractivity contribution in [2.75, 3.05) is 6.61 Å². The summed E-state index contributed by atoms with van der Waals surface area (Å²) in [4.78, 5) is 11.8. The van der Waals surface area contributed by atoms with Crippen LogP contribution in [-0.2, 0) is 9.53 Å². The van der Waals surface area contributed by atoms with E-state index in [1.807, 2.05) is 26.0 Å². The maximum Gasteiger partial charge on any atom is 0.333 e. The number of allylic oxidation sites excluding steroid dienone is 6. The van der Waals surface area contributed by atoms with Crippen molar-refractivity contribution in [1.29, 1.82) is 0 Å². The van der Waals surface area contributed by atoms with Crippen LogP contribution in [-0.4, -0.2) is 12.6 Å². The highest BCUT2D eigenvalue weighted by molar-refractivity contribution is 5.88. The second-order valence-corrected chi connectivity index (χ2v) is 7.49. The minimum atomic E-state index is -0.230. The van der Waals surface area contributed by atoms with E-state index in [9.17, 15) is 4.79 Å². The molecule has 1 aromatic carbocycles. The largest absolute Gasteiger partial charge is 0.463 e. The summed E-state index contributed by atoms with van der Waals surface area (Å²) < 4.78 is 5.07. The number of benzene rings is 1. The quantitative estimate of drug-likeness (QED) is 0.245. The summed E-state index contributed by atoms with van der Waals surface area (Å²) >= 11 is 0. The summed E-state index contributed by atoms with van der Waals surface area (Å²) in [5.74, 6) is 0.699. The molecule has 0 heterocycles. The van der Waals surface area contributed by atoms with Crippen molar-refractivity contribution < 1.29 is 9.53 Å². The van der Waals surface area contributed by atoms with Gasteiger partial charge in [-0.2, -0.15) is 0 Å². The maximum atomic E-state index is 11.8. The Bertz CT molecular complexity index is 720. The lowest BCUT2D eigenvalue weighted by Gasteiger charge is -2.13. The highest BCUT2D eigenvalue weighted by Gasteiger charge is 2.08. The first-order valence-electron chi connectivity index (χ1n) is 10.3. The Morgan fingerprint density at radius 3 is 2.29 bits per heavy atom. The van der Waals surface area contributed by atoms with Gasteiger partial charge in [-0.15, -0.1) is 0 Å². The molecular weight excluding hydrogens is 344 g/mol. The first-order valence-corrected chi connectivity index (χ1v) is 10.3. The summed E-state index contributed by atoms with van der Waals surface area (Å²) in [6.45, 7) is 12.8. The van der Waals surface area contributed by atoms with Crippen molar-refractivity contribution in [3.05, 3.63) is 76.9 Å². The average molecular weight is 381 g/mol. The van der Waals surface area contributed by atoms with Crippen molar-refractivity contribution in [3.63, 3.8) is 0 Å². The molecule has 0 aliphatic rings. The fourth-order valence-electron chi connectivity index (χ4n) is 3.23. The lowest BCUT2D eigenvalue weighted by atomic mass is 9.93. The molecule has 0 amide bonds. The predicted molar refractivity (Wildman–Crippen MR) is 121 cm³/mol. The molecule has 1 rings (SSSR count). The number of carbonyl (C=O) groups is 1. The van der Waals surface area contributed by atoms with E-state index in [0.717, 1.165) is 12.8 Å². The van der Waals surface area contributed by atoms with Crippen LogP contribution in [0, 0.1) is 11.8 Å². The Labute approximate surface area is 171 Å². The van der Waals surface area contributed by atoms with Crippen LogP contribution in [0.2, 0.25) is 0 Å². The van der Waals surface area contributed by atoms with Gasteiger partial charge in [0.25, 0.3) is 0 Å². The summed E-state index contributed by atoms with van der Waals surface area (Å²) in [7, 11) is 0. The Balaban J connectivity index is 2.69. The zero-order chi connectivity index (χ0) is 20.9. The van der Waals surface area contributed by atoms with E-state index in [2.05, 4.69) is 76.3 Å². The zero-order valence-corrected chi connectivity index (χ0v) is 18.4. The molecule has 0 aliphatic carbocycles. The third-order valence-electron chi connectivity index (χ3n) is 4.54. The van der Waals surface area contributed by atoms with Gasteiger partial charge in [0.2, 0.25) is 0 Å². The highest BCUT2D eigenvalue weighted by Crippen LogP contribution is 2.20. The van der Waals surface area contributed by atoms with Gasteiger partial charge >= 0.3 is 5.97 Å². The molecule has 0 aromatic heterocycles. The molecule has 0 bridgehead atoms. The minimum absolute atomic E-state index is 0.230. The number of rotatable bonds is 10. The van der Waals surface area contributed by atoms with Crippen molar-refractivity contribution in [3.8, 4) is 0 Å². The smallest absolute Gasteiger partial charge is 0.333 e. The Morgan fingerprint density at radius 1 is 1.04 bits per heavy atom. The standard InChI is InChI=1S/C26H36O2/c1-7-24(19-23(6)26(27)28-8-2)18-22(5)17-21(4)16-20(3)14-15-25-12-10-9-11-13-25/h9-16,18-19,21-22H,7-8,17H2,1-6H3/b15-14+,20-16+,23-19+,24-18+/t21-,22+/m0/s1. The van der Waals surface area contributed by atoms with Gasteiger partial charge in [0, 0.05) is 5.57 Å². The van der Waals surface area contributed by atoms with E-state index in [1.54, 1.807) is 0 Å². The molecular formula is C26H36O2. The SMILES string of the molecule is CCOC(=O)/C(C)=C/C(=C/[C@H](C)C[C@@H](C)/C=C(C)/C=C/c1ccccc1)CC. The molecule has 0 radical (unpaired) electrons. The molecule has 0 saturated heterocycles. The van der Waals surface area contributed by atoms with Gasteiger partial charge in [0.05, 0.1) is 6.61 Å². The van der Waals surface area contributed by atoms with Crippen molar-refractivity contribution in [2.24, 2.45) is 11.8 Å². The second-order valence-electron chi connectivity index (χ2n) is 7.49. The topological polar surface area (TPSA) is 26.3 Å². The molecule has 2 atom stereocenters. The van der Waals surface area contributed by atoms with Gasteiger partial charge in [-0.25, -0.2) is 4.79 Å². The number of hydrogen-bond donors (Lipinski definition) is 0. The van der Waals surface area contributed by atoms with Crippen molar-refractivity contribution in [1.82, 2.24) is 0 Å². The summed E-state index contributed by atoms with van der Waals surface area (Å²) in [5.41, 5.74) is 4.35. The van der Waals surface area contributed by atoms with E-state index in [-0.39, 0.29) is 5.97 Å². The third-order valence-corrected chi connectivity index (χ3v) is 4.54. The molecule has 0 saturated carbocycles. The zero-order valence-electron chi connectivity index (χ0n) is 18.4. The number of esters is 1. The second kappa shape index (κ2) is 12.9. The van der Waals surface area contributed by atoms with Crippen LogP contribution in [0.5, 0.6) is 0 Å².